The SMILES string of the molecule is CC(C)(C)[C@@H](O)C(=O)N1[C@@H]2C[C@@H]2C[C@H]1C(=O)NCc1cc(Cl)ccc1-n1cnnn1. The molecular formula is C20H25ClN6O3. The van der Waals surface area contributed by atoms with Gasteiger partial charge in [0.05, 0.1) is 5.69 Å². The van der Waals surface area contributed by atoms with Gasteiger partial charge in [-0.3, -0.25) is 9.59 Å². The highest BCUT2D eigenvalue weighted by atomic mass is 35.5. The third kappa shape index (κ3) is 3.91. The van der Waals surface area contributed by atoms with E-state index in [0.717, 1.165) is 12.0 Å². The van der Waals surface area contributed by atoms with E-state index in [9.17, 15) is 14.7 Å². The number of aliphatic hydroxyl groups is 1. The summed E-state index contributed by atoms with van der Waals surface area (Å²) in [6.45, 7) is 5.64. The highest BCUT2D eigenvalue weighted by molar-refractivity contribution is 6.30. The maximum Gasteiger partial charge on any atom is 0.252 e. The molecule has 2 heterocycles. The number of piperidine rings is 1. The normalized spacial score (nSPS) is 23.8. The summed E-state index contributed by atoms with van der Waals surface area (Å²) in [5.41, 5.74) is 0.862. The lowest BCUT2D eigenvalue weighted by Gasteiger charge is -2.33. The van der Waals surface area contributed by atoms with Crippen molar-refractivity contribution in [1.82, 2.24) is 30.4 Å². The molecule has 1 aromatic heterocycles. The molecule has 2 aliphatic rings. The molecule has 4 atom stereocenters. The number of rotatable bonds is 5. The monoisotopic (exact) mass is 432 g/mol. The van der Waals surface area contributed by atoms with Crippen molar-refractivity contribution in [3.63, 3.8) is 0 Å². The predicted octanol–water partition coefficient (Wildman–Crippen LogP) is 1.33. The second-order valence-corrected chi connectivity index (χ2v) is 9.51. The maximum absolute atomic E-state index is 13.0. The largest absolute Gasteiger partial charge is 0.383 e. The van der Waals surface area contributed by atoms with Gasteiger partial charge in [-0.2, -0.15) is 0 Å². The average molecular weight is 433 g/mol. The zero-order valence-corrected chi connectivity index (χ0v) is 17.9. The number of nitrogens with one attached hydrogen (secondary N) is 1. The summed E-state index contributed by atoms with van der Waals surface area (Å²) in [5, 5.41) is 25.1. The van der Waals surface area contributed by atoms with Crippen LogP contribution >= 0.6 is 11.6 Å². The van der Waals surface area contributed by atoms with Crippen molar-refractivity contribution in [2.24, 2.45) is 11.3 Å². The van der Waals surface area contributed by atoms with E-state index in [1.54, 1.807) is 23.1 Å². The van der Waals surface area contributed by atoms with Crippen LogP contribution in [0.15, 0.2) is 24.5 Å². The number of hydrogen-bond donors (Lipinski definition) is 2. The summed E-state index contributed by atoms with van der Waals surface area (Å²) < 4.78 is 1.50. The van der Waals surface area contributed by atoms with Gasteiger partial charge in [0.2, 0.25) is 5.91 Å². The lowest BCUT2D eigenvalue weighted by molar-refractivity contribution is -0.151. The Hall–Kier alpha value is -2.52. The second-order valence-electron chi connectivity index (χ2n) is 9.07. The maximum atomic E-state index is 13.0. The minimum Gasteiger partial charge on any atom is -0.383 e. The Morgan fingerprint density at radius 3 is 2.77 bits per heavy atom. The summed E-state index contributed by atoms with van der Waals surface area (Å²) >= 11 is 6.13. The van der Waals surface area contributed by atoms with Crippen molar-refractivity contribution in [1.29, 1.82) is 0 Å². The standard InChI is InChI=1S/C20H25ClN6O3/c1-20(2,3)17(28)19(30)27-15-7-11(15)8-16(27)18(29)22-9-12-6-13(21)4-5-14(12)26-10-23-24-25-26/h4-6,10-11,15-17,28H,7-9H2,1-3H3,(H,22,29)/t11-,15-,16+,17+/m1/s1. The number of hydrogen-bond acceptors (Lipinski definition) is 6. The van der Waals surface area contributed by atoms with E-state index in [-0.39, 0.29) is 24.4 Å². The van der Waals surface area contributed by atoms with Crippen molar-refractivity contribution in [3.05, 3.63) is 35.1 Å². The summed E-state index contributed by atoms with van der Waals surface area (Å²) in [6.07, 6.45) is 1.83. The lowest BCUT2D eigenvalue weighted by atomic mass is 9.88. The smallest absolute Gasteiger partial charge is 0.252 e. The Labute approximate surface area is 179 Å². The van der Waals surface area contributed by atoms with Gasteiger partial charge in [-0.1, -0.05) is 32.4 Å². The van der Waals surface area contributed by atoms with Crippen LogP contribution in [0.5, 0.6) is 0 Å². The first kappa shape index (κ1) is 20.7. The third-order valence-corrected chi connectivity index (χ3v) is 6.04. The van der Waals surface area contributed by atoms with E-state index in [1.807, 2.05) is 20.8 Å². The Balaban J connectivity index is 1.48. The minimum atomic E-state index is -1.15. The van der Waals surface area contributed by atoms with Gasteiger partial charge in [0.25, 0.3) is 5.91 Å². The molecule has 2 N–H and O–H groups in total. The number of likely N-dealkylation sites (tertiary alicyclic amines) is 1. The first-order chi connectivity index (χ1) is 14.2. The molecule has 160 valence electrons. The number of carbonyl (C=O) groups excluding carboxylic acids is 2. The number of halogens is 1. The zero-order chi connectivity index (χ0) is 21.6. The van der Waals surface area contributed by atoms with Crippen LogP contribution in [0, 0.1) is 11.3 Å². The van der Waals surface area contributed by atoms with Gasteiger partial charge in [-0.25, -0.2) is 4.68 Å². The highest BCUT2D eigenvalue weighted by Gasteiger charge is 2.57. The van der Waals surface area contributed by atoms with E-state index in [1.165, 1.54) is 11.0 Å². The Bertz CT molecular complexity index is 958. The number of aromatic nitrogens is 4. The number of amides is 2. The number of tetrazole rings is 1. The molecule has 0 bridgehead atoms. The quantitative estimate of drug-likeness (QED) is 0.736. The molecule has 30 heavy (non-hydrogen) atoms. The van der Waals surface area contributed by atoms with Crippen molar-refractivity contribution < 1.29 is 14.7 Å². The molecule has 0 unspecified atom stereocenters. The highest BCUT2D eigenvalue weighted by Crippen LogP contribution is 2.48. The number of nitrogens with zero attached hydrogens (tertiary/aromatic N) is 5. The van der Waals surface area contributed by atoms with Gasteiger partial charge in [0.1, 0.15) is 18.5 Å². The molecule has 1 saturated heterocycles. The molecule has 2 fully saturated rings. The van der Waals surface area contributed by atoms with Crippen LogP contribution in [0.2, 0.25) is 5.02 Å². The average Bonchev–Trinajstić information content (AvgIpc) is 3.09. The van der Waals surface area contributed by atoms with Crippen molar-refractivity contribution in [2.75, 3.05) is 0 Å². The molecule has 1 aliphatic carbocycles. The molecule has 1 aliphatic heterocycles. The van der Waals surface area contributed by atoms with Gasteiger partial charge in [0, 0.05) is 17.6 Å². The van der Waals surface area contributed by atoms with E-state index >= 15 is 0 Å². The zero-order valence-electron chi connectivity index (χ0n) is 17.1. The fourth-order valence-electron chi connectivity index (χ4n) is 4.01. The van der Waals surface area contributed by atoms with Crippen LogP contribution in [0.25, 0.3) is 5.69 Å². The molecule has 2 amide bonds. The topological polar surface area (TPSA) is 113 Å². The van der Waals surface area contributed by atoms with Crippen LogP contribution in [-0.4, -0.2) is 60.2 Å². The fraction of sp³-hybridized carbons (Fsp3) is 0.550. The van der Waals surface area contributed by atoms with Gasteiger partial charge in [-0.15, -0.1) is 5.10 Å². The molecule has 10 heteroatoms. The predicted molar refractivity (Wildman–Crippen MR) is 109 cm³/mol. The van der Waals surface area contributed by atoms with Crippen molar-refractivity contribution in [3.8, 4) is 5.69 Å². The van der Waals surface area contributed by atoms with E-state index in [4.69, 9.17) is 11.6 Å². The molecule has 0 spiro atoms. The van der Waals surface area contributed by atoms with Gasteiger partial charge < -0.3 is 15.3 Å². The number of aliphatic hydroxyl groups excluding tert-OH is 1. The van der Waals surface area contributed by atoms with Crippen LogP contribution in [0.3, 0.4) is 0 Å². The first-order valence-corrected chi connectivity index (χ1v) is 10.3. The third-order valence-electron chi connectivity index (χ3n) is 5.81. The summed E-state index contributed by atoms with van der Waals surface area (Å²) in [7, 11) is 0. The number of fused-ring (bicyclic) bond motifs is 1. The first-order valence-electron chi connectivity index (χ1n) is 9.96. The van der Waals surface area contributed by atoms with Gasteiger partial charge in [-0.05, 0) is 58.4 Å². The van der Waals surface area contributed by atoms with Crippen LogP contribution in [-0.2, 0) is 16.1 Å². The number of carbonyl (C=O) groups is 2. The molecule has 1 saturated carbocycles. The Morgan fingerprint density at radius 1 is 1.33 bits per heavy atom. The molecule has 2 aromatic rings. The molecule has 9 nitrogen and oxygen atoms in total. The van der Waals surface area contributed by atoms with E-state index < -0.39 is 17.6 Å². The van der Waals surface area contributed by atoms with E-state index in [2.05, 4.69) is 20.8 Å². The summed E-state index contributed by atoms with van der Waals surface area (Å²) in [5.74, 6) is -0.274. The minimum absolute atomic E-state index is 0.0493. The second kappa shape index (κ2) is 7.63. The summed E-state index contributed by atoms with van der Waals surface area (Å²) in [6, 6.07) is 4.72. The molecule has 0 radical (unpaired) electrons. The van der Waals surface area contributed by atoms with Gasteiger partial charge in [0.15, 0.2) is 0 Å². The Morgan fingerprint density at radius 2 is 2.10 bits per heavy atom. The van der Waals surface area contributed by atoms with E-state index in [0.29, 0.717) is 23.0 Å². The van der Waals surface area contributed by atoms with Crippen molar-refractivity contribution in [2.45, 2.75) is 58.3 Å². The molecule has 1 aromatic carbocycles. The van der Waals surface area contributed by atoms with Crippen LogP contribution in [0.1, 0.15) is 39.2 Å². The number of benzene rings is 1. The molecule has 4 rings (SSSR count). The van der Waals surface area contributed by atoms with Gasteiger partial charge >= 0.3 is 0 Å². The lowest BCUT2D eigenvalue weighted by Crippen LogP contribution is -2.53. The fourth-order valence-corrected chi connectivity index (χ4v) is 4.20. The summed E-state index contributed by atoms with van der Waals surface area (Å²) in [4.78, 5) is 27.5. The molecular weight excluding hydrogens is 408 g/mol. The van der Waals surface area contributed by atoms with Crippen LogP contribution < -0.4 is 5.32 Å². The van der Waals surface area contributed by atoms with Crippen LogP contribution in [0.4, 0.5) is 0 Å². The Kier molecular flexibility index (Phi) is 5.27. The van der Waals surface area contributed by atoms with Crippen molar-refractivity contribution >= 4 is 23.4 Å².